The molecule has 0 fully saturated rings. The molecule has 2 aromatic carbocycles. The Hall–Kier alpha value is -4.15. The van der Waals surface area contributed by atoms with Crippen molar-refractivity contribution in [2.45, 2.75) is 32.5 Å². The number of hydrogen-bond acceptors (Lipinski definition) is 6. The fraction of sp³-hybridized carbons (Fsp3) is 0.250. The highest BCUT2D eigenvalue weighted by Crippen LogP contribution is 2.32. The van der Waals surface area contributed by atoms with Crippen molar-refractivity contribution in [3.8, 4) is 17.0 Å². The third-order valence-electron chi connectivity index (χ3n) is 5.52. The summed E-state index contributed by atoms with van der Waals surface area (Å²) in [5.41, 5.74) is -0.617. The van der Waals surface area contributed by atoms with E-state index in [9.17, 15) is 22.8 Å². The lowest BCUT2D eigenvalue weighted by Crippen LogP contribution is -2.35. The number of amides is 1. The third-order valence-corrected chi connectivity index (χ3v) is 5.52. The number of alkyl halides is 3. The lowest BCUT2D eigenvalue weighted by molar-refractivity contribution is -0.137. The summed E-state index contributed by atoms with van der Waals surface area (Å²) in [6.07, 6.45) is -4.42. The van der Waals surface area contributed by atoms with Crippen molar-refractivity contribution >= 4 is 22.5 Å². The molecule has 0 saturated carbocycles. The van der Waals surface area contributed by atoms with Crippen molar-refractivity contribution < 1.29 is 27.2 Å². The first-order chi connectivity index (χ1) is 16.6. The Bertz CT molecular complexity index is 1440. The fourth-order valence-corrected chi connectivity index (χ4v) is 3.74. The Balaban J connectivity index is 1.78. The molecule has 2 heterocycles. The number of rotatable bonds is 6. The minimum atomic E-state index is -4.56. The summed E-state index contributed by atoms with van der Waals surface area (Å²) in [6.45, 7) is 3.31. The molecule has 0 bridgehead atoms. The summed E-state index contributed by atoms with van der Waals surface area (Å²) in [5, 5.41) is 11.2. The molecule has 1 atom stereocenters. The molecular weight excluding hydrogens is 465 g/mol. The van der Waals surface area contributed by atoms with Crippen LogP contribution in [0.25, 0.3) is 22.2 Å². The minimum Gasteiger partial charge on any atom is -0.497 e. The highest BCUT2D eigenvalue weighted by atomic mass is 19.4. The largest absolute Gasteiger partial charge is 0.497 e. The van der Waals surface area contributed by atoms with Gasteiger partial charge in [0.15, 0.2) is 5.52 Å². The number of methoxy groups -OCH3 is 1. The minimum absolute atomic E-state index is 0.00589. The summed E-state index contributed by atoms with van der Waals surface area (Å²) < 4.78 is 50.6. The molecule has 0 spiro atoms. The van der Waals surface area contributed by atoms with Gasteiger partial charge < -0.3 is 14.6 Å². The highest BCUT2D eigenvalue weighted by Gasteiger charge is 2.31. The molecule has 0 aliphatic rings. The summed E-state index contributed by atoms with van der Waals surface area (Å²) in [5.74, 6) is 0.304. The van der Waals surface area contributed by atoms with Gasteiger partial charge in [-0.05, 0) is 55.8 Å². The molecule has 0 saturated heterocycles. The molecule has 0 aliphatic heterocycles. The second-order valence-electron chi connectivity index (χ2n) is 7.78. The molecule has 11 heteroatoms. The zero-order chi connectivity index (χ0) is 25.3. The van der Waals surface area contributed by atoms with Crippen LogP contribution in [0.5, 0.6) is 5.75 Å². The van der Waals surface area contributed by atoms with Gasteiger partial charge in [0, 0.05) is 11.3 Å². The van der Waals surface area contributed by atoms with Crippen LogP contribution in [0.2, 0.25) is 0 Å². The van der Waals surface area contributed by atoms with E-state index < -0.39 is 29.2 Å². The summed E-state index contributed by atoms with van der Waals surface area (Å²) in [4.78, 5) is 26.3. The molecule has 182 valence electrons. The fourth-order valence-electron chi connectivity index (χ4n) is 3.74. The number of hydrogen-bond donors (Lipinski definition) is 1. The van der Waals surface area contributed by atoms with Gasteiger partial charge in [-0.3, -0.25) is 9.59 Å². The number of aryl methyl sites for hydroxylation is 1. The second-order valence-corrected chi connectivity index (χ2v) is 7.78. The Morgan fingerprint density at radius 1 is 1.20 bits per heavy atom. The maximum atomic E-state index is 13.2. The SMILES string of the molecule is CC[C@H](C(=O)Nc1cccc(C(F)(F)F)c1)n1nc(-c2ccc(OC)cc2)c2c(C)onc2c1=O. The molecule has 0 aliphatic carbocycles. The van der Waals surface area contributed by atoms with E-state index in [4.69, 9.17) is 9.26 Å². The number of anilines is 1. The van der Waals surface area contributed by atoms with Gasteiger partial charge in [-0.2, -0.15) is 18.3 Å². The number of nitrogens with zero attached hydrogens (tertiary/aromatic N) is 3. The molecular formula is C24H21F3N4O4. The topological polar surface area (TPSA) is 99.2 Å². The van der Waals surface area contributed by atoms with Crippen LogP contribution in [0.1, 0.15) is 30.7 Å². The molecule has 4 aromatic rings. The van der Waals surface area contributed by atoms with Crippen LogP contribution >= 0.6 is 0 Å². The number of nitrogens with one attached hydrogen (secondary N) is 1. The van der Waals surface area contributed by atoms with Crippen molar-refractivity contribution in [2.24, 2.45) is 0 Å². The van der Waals surface area contributed by atoms with Crippen molar-refractivity contribution in [3.63, 3.8) is 0 Å². The van der Waals surface area contributed by atoms with Crippen LogP contribution in [0, 0.1) is 6.92 Å². The quantitative estimate of drug-likeness (QED) is 0.413. The molecule has 4 rings (SSSR count). The number of carbonyl (C=O) groups excluding carboxylic acids is 1. The number of carbonyl (C=O) groups is 1. The molecule has 0 unspecified atom stereocenters. The molecule has 0 radical (unpaired) electrons. The van der Waals surface area contributed by atoms with E-state index in [2.05, 4.69) is 15.6 Å². The first-order valence-corrected chi connectivity index (χ1v) is 10.7. The average Bonchev–Trinajstić information content (AvgIpc) is 3.23. The first kappa shape index (κ1) is 24.0. The van der Waals surface area contributed by atoms with Crippen molar-refractivity contribution in [2.75, 3.05) is 12.4 Å². The molecule has 1 N–H and O–H groups in total. The van der Waals surface area contributed by atoms with Crippen LogP contribution < -0.4 is 15.6 Å². The monoisotopic (exact) mass is 486 g/mol. The van der Waals surface area contributed by atoms with Gasteiger partial charge in [-0.25, -0.2) is 4.68 Å². The standard InChI is InChI=1S/C24H21F3N4O4/c1-4-18(22(32)28-16-7-5-6-15(12-16)24(25,26)27)31-23(33)21-19(13(2)35-30-21)20(29-31)14-8-10-17(34-3)11-9-14/h5-12,18H,4H2,1-3H3,(H,28,32)/t18-/m1/s1. The van der Waals surface area contributed by atoms with Crippen molar-refractivity contribution in [1.29, 1.82) is 0 Å². The van der Waals surface area contributed by atoms with Crippen molar-refractivity contribution in [3.05, 3.63) is 70.2 Å². The summed E-state index contributed by atoms with van der Waals surface area (Å²) >= 11 is 0. The van der Waals surface area contributed by atoms with E-state index >= 15 is 0 Å². The number of halogens is 3. The summed E-state index contributed by atoms with van der Waals surface area (Å²) in [6, 6.07) is 10.1. The van der Waals surface area contributed by atoms with Crippen LogP contribution in [-0.2, 0) is 11.0 Å². The van der Waals surface area contributed by atoms with Gasteiger partial charge in [0.2, 0.25) is 5.91 Å². The summed E-state index contributed by atoms with van der Waals surface area (Å²) in [7, 11) is 1.53. The third kappa shape index (κ3) is 4.61. The van der Waals surface area contributed by atoms with Crippen LogP contribution in [-0.4, -0.2) is 28.0 Å². The zero-order valence-corrected chi connectivity index (χ0v) is 19.0. The zero-order valence-electron chi connectivity index (χ0n) is 19.0. The van der Waals surface area contributed by atoms with E-state index in [1.807, 2.05) is 0 Å². The smallest absolute Gasteiger partial charge is 0.416 e. The van der Waals surface area contributed by atoms with Crippen LogP contribution in [0.3, 0.4) is 0 Å². The molecule has 2 aromatic heterocycles. The van der Waals surface area contributed by atoms with Crippen molar-refractivity contribution in [1.82, 2.24) is 14.9 Å². The van der Waals surface area contributed by atoms with Crippen LogP contribution in [0.15, 0.2) is 57.8 Å². The van der Waals surface area contributed by atoms with E-state index in [0.29, 0.717) is 28.2 Å². The number of fused-ring (bicyclic) bond motifs is 1. The van der Waals surface area contributed by atoms with Gasteiger partial charge in [-0.15, -0.1) is 0 Å². The Kier molecular flexibility index (Phi) is 6.33. The Morgan fingerprint density at radius 2 is 1.91 bits per heavy atom. The van der Waals surface area contributed by atoms with E-state index in [1.165, 1.54) is 19.2 Å². The number of aromatic nitrogens is 3. The highest BCUT2D eigenvalue weighted by molar-refractivity contribution is 5.95. The van der Waals surface area contributed by atoms with Crippen LogP contribution in [0.4, 0.5) is 18.9 Å². The van der Waals surface area contributed by atoms with Gasteiger partial charge in [-0.1, -0.05) is 18.1 Å². The van der Waals surface area contributed by atoms with Gasteiger partial charge in [0.05, 0.1) is 18.1 Å². The average molecular weight is 486 g/mol. The van der Waals surface area contributed by atoms with Gasteiger partial charge in [0.25, 0.3) is 5.56 Å². The Labute approximate surface area is 197 Å². The molecule has 35 heavy (non-hydrogen) atoms. The maximum absolute atomic E-state index is 13.2. The first-order valence-electron chi connectivity index (χ1n) is 10.7. The van der Waals surface area contributed by atoms with E-state index in [1.54, 1.807) is 38.1 Å². The normalized spacial score (nSPS) is 12.5. The molecule has 8 nitrogen and oxygen atoms in total. The lowest BCUT2D eigenvalue weighted by Gasteiger charge is -2.18. The lowest BCUT2D eigenvalue weighted by atomic mass is 10.1. The van der Waals surface area contributed by atoms with E-state index in [0.717, 1.165) is 16.8 Å². The predicted molar refractivity (Wildman–Crippen MR) is 122 cm³/mol. The number of ether oxygens (including phenoxy) is 1. The molecule has 1 amide bonds. The van der Waals surface area contributed by atoms with Gasteiger partial charge in [0.1, 0.15) is 23.2 Å². The predicted octanol–water partition coefficient (Wildman–Crippen LogP) is 4.98. The second kappa shape index (κ2) is 9.24. The number of benzene rings is 2. The van der Waals surface area contributed by atoms with E-state index in [-0.39, 0.29) is 17.6 Å². The van der Waals surface area contributed by atoms with Gasteiger partial charge >= 0.3 is 6.18 Å². The Morgan fingerprint density at radius 3 is 2.54 bits per heavy atom. The maximum Gasteiger partial charge on any atom is 0.416 e.